The van der Waals surface area contributed by atoms with E-state index in [4.69, 9.17) is 4.74 Å². The lowest BCUT2D eigenvalue weighted by atomic mass is 10.0. The van der Waals surface area contributed by atoms with E-state index in [9.17, 15) is 9.59 Å². The molecule has 114 valence electrons. The molecule has 0 bridgehead atoms. The third-order valence-electron chi connectivity index (χ3n) is 3.60. The molecule has 5 heteroatoms. The van der Waals surface area contributed by atoms with Gasteiger partial charge in [0.2, 0.25) is 5.91 Å². The third-order valence-corrected chi connectivity index (χ3v) is 3.60. The minimum atomic E-state index is -0.590. The molecule has 0 saturated heterocycles. The van der Waals surface area contributed by atoms with Gasteiger partial charge in [-0.25, -0.2) is 4.79 Å². The molecule has 2 rings (SSSR count). The average molecular weight is 290 g/mol. The highest BCUT2D eigenvalue weighted by molar-refractivity contribution is 5.91. The van der Waals surface area contributed by atoms with Gasteiger partial charge in [-0.2, -0.15) is 0 Å². The van der Waals surface area contributed by atoms with Gasteiger partial charge in [0.1, 0.15) is 12.1 Å². The van der Waals surface area contributed by atoms with Crippen molar-refractivity contribution >= 4 is 17.6 Å². The van der Waals surface area contributed by atoms with Gasteiger partial charge >= 0.3 is 5.97 Å². The smallest absolute Gasteiger partial charge is 0.328 e. The van der Waals surface area contributed by atoms with E-state index in [1.54, 1.807) is 0 Å². The number of anilines is 1. The standard InChI is InChI=1S/C16H22N2O3/c1-10(2)8-14(16(20)21-3)18-15(19)13-9-11-6-4-5-7-12(11)17-13/h4-7,10,13-14,17H,8-9H2,1-3H3,(H,18,19)/t13?,14-/m0/s1. The van der Waals surface area contributed by atoms with Crippen molar-refractivity contribution in [1.82, 2.24) is 5.32 Å². The molecule has 0 aliphatic carbocycles. The molecule has 0 spiro atoms. The number of hydrogen-bond acceptors (Lipinski definition) is 4. The number of ether oxygens (including phenoxy) is 1. The Bertz CT molecular complexity index is 503. The topological polar surface area (TPSA) is 67.4 Å². The second-order valence-corrected chi connectivity index (χ2v) is 5.77. The number of nitrogens with one attached hydrogen (secondary N) is 2. The molecular formula is C16H22N2O3. The second kappa shape index (κ2) is 6.61. The summed E-state index contributed by atoms with van der Waals surface area (Å²) in [5.41, 5.74) is 2.10. The molecule has 1 aliphatic rings. The summed E-state index contributed by atoms with van der Waals surface area (Å²) < 4.78 is 4.76. The third kappa shape index (κ3) is 3.74. The van der Waals surface area contributed by atoms with E-state index in [0.29, 0.717) is 18.8 Å². The Morgan fingerprint density at radius 3 is 2.71 bits per heavy atom. The predicted molar refractivity (Wildman–Crippen MR) is 81.0 cm³/mol. The zero-order valence-corrected chi connectivity index (χ0v) is 12.7. The number of amides is 1. The van der Waals surface area contributed by atoms with E-state index < -0.39 is 12.0 Å². The van der Waals surface area contributed by atoms with Crippen LogP contribution in [0.15, 0.2) is 24.3 Å². The summed E-state index contributed by atoms with van der Waals surface area (Å²) in [6, 6.07) is 6.92. The molecule has 1 amide bonds. The van der Waals surface area contributed by atoms with Crippen LogP contribution in [0.1, 0.15) is 25.8 Å². The van der Waals surface area contributed by atoms with Crippen LogP contribution >= 0.6 is 0 Å². The van der Waals surface area contributed by atoms with Crippen molar-refractivity contribution in [3.8, 4) is 0 Å². The zero-order chi connectivity index (χ0) is 15.4. The Hall–Kier alpha value is -2.04. The van der Waals surface area contributed by atoms with Crippen LogP contribution in [0.2, 0.25) is 0 Å². The van der Waals surface area contributed by atoms with Crippen LogP contribution in [0, 0.1) is 5.92 Å². The van der Waals surface area contributed by atoms with E-state index in [0.717, 1.165) is 11.3 Å². The van der Waals surface area contributed by atoms with Crippen molar-refractivity contribution in [3.05, 3.63) is 29.8 Å². The van der Waals surface area contributed by atoms with E-state index in [1.807, 2.05) is 38.1 Å². The molecule has 5 nitrogen and oxygen atoms in total. The highest BCUT2D eigenvalue weighted by atomic mass is 16.5. The monoisotopic (exact) mass is 290 g/mol. The molecule has 21 heavy (non-hydrogen) atoms. The van der Waals surface area contributed by atoms with Gasteiger partial charge in [0.25, 0.3) is 0 Å². The maximum absolute atomic E-state index is 12.3. The van der Waals surface area contributed by atoms with Gasteiger partial charge in [0.05, 0.1) is 7.11 Å². The number of hydrogen-bond donors (Lipinski definition) is 2. The fourth-order valence-corrected chi connectivity index (χ4v) is 2.56. The molecule has 0 fully saturated rings. The van der Waals surface area contributed by atoms with E-state index in [1.165, 1.54) is 7.11 Å². The molecule has 1 aromatic carbocycles. The van der Waals surface area contributed by atoms with Crippen LogP contribution in [0.3, 0.4) is 0 Å². The summed E-state index contributed by atoms with van der Waals surface area (Å²) in [4.78, 5) is 24.1. The number of carbonyl (C=O) groups is 2. The molecule has 2 atom stereocenters. The fraction of sp³-hybridized carbons (Fsp3) is 0.500. The molecule has 0 radical (unpaired) electrons. The van der Waals surface area contributed by atoms with Crippen molar-refractivity contribution in [1.29, 1.82) is 0 Å². The second-order valence-electron chi connectivity index (χ2n) is 5.77. The number of benzene rings is 1. The summed E-state index contributed by atoms with van der Waals surface area (Å²) >= 11 is 0. The Kier molecular flexibility index (Phi) is 4.83. The SMILES string of the molecule is COC(=O)[C@H](CC(C)C)NC(=O)C1Cc2ccccc2N1. The normalized spacial score (nSPS) is 17.8. The van der Waals surface area contributed by atoms with Gasteiger partial charge in [0.15, 0.2) is 0 Å². The van der Waals surface area contributed by atoms with Gasteiger partial charge in [0, 0.05) is 12.1 Å². The minimum Gasteiger partial charge on any atom is -0.467 e. The van der Waals surface area contributed by atoms with Crippen molar-refractivity contribution in [2.45, 2.75) is 38.8 Å². The Morgan fingerprint density at radius 1 is 1.38 bits per heavy atom. The highest BCUT2D eigenvalue weighted by Gasteiger charge is 2.30. The number of carbonyl (C=O) groups excluding carboxylic acids is 2. The molecule has 1 aromatic rings. The van der Waals surface area contributed by atoms with Gasteiger partial charge in [-0.3, -0.25) is 4.79 Å². The van der Waals surface area contributed by atoms with Crippen molar-refractivity contribution < 1.29 is 14.3 Å². The molecule has 0 aromatic heterocycles. The first-order valence-corrected chi connectivity index (χ1v) is 7.24. The number of methoxy groups -OCH3 is 1. The lowest BCUT2D eigenvalue weighted by Crippen LogP contribution is -2.48. The van der Waals surface area contributed by atoms with E-state index in [-0.39, 0.29) is 11.9 Å². The van der Waals surface area contributed by atoms with Crippen LogP contribution in [-0.2, 0) is 20.7 Å². The van der Waals surface area contributed by atoms with Crippen LogP contribution in [0.25, 0.3) is 0 Å². The van der Waals surface area contributed by atoms with Crippen LogP contribution < -0.4 is 10.6 Å². The molecule has 0 saturated carbocycles. The Morgan fingerprint density at radius 2 is 2.10 bits per heavy atom. The number of fused-ring (bicyclic) bond motifs is 1. The average Bonchev–Trinajstić information content (AvgIpc) is 2.89. The first-order valence-electron chi connectivity index (χ1n) is 7.24. The summed E-state index contributed by atoms with van der Waals surface area (Å²) in [6.45, 7) is 4.01. The summed E-state index contributed by atoms with van der Waals surface area (Å²) in [6.07, 6.45) is 1.20. The summed E-state index contributed by atoms with van der Waals surface area (Å²) in [7, 11) is 1.34. The molecule has 1 heterocycles. The van der Waals surface area contributed by atoms with Gasteiger partial charge < -0.3 is 15.4 Å². The lowest BCUT2D eigenvalue weighted by molar-refractivity contribution is -0.145. The van der Waals surface area contributed by atoms with Crippen LogP contribution in [-0.4, -0.2) is 31.1 Å². The van der Waals surface area contributed by atoms with Gasteiger partial charge in [-0.1, -0.05) is 32.0 Å². The predicted octanol–water partition coefficient (Wildman–Crippen LogP) is 1.73. The fourth-order valence-electron chi connectivity index (χ4n) is 2.56. The molecule has 2 N–H and O–H groups in total. The van der Waals surface area contributed by atoms with E-state index >= 15 is 0 Å². The molecular weight excluding hydrogens is 268 g/mol. The quantitative estimate of drug-likeness (QED) is 0.810. The zero-order valence-electron chi connectivity index (χ0n) is 12.7. The summed E-state index contributed by atoms with van der Waals surface area (Å²) in [5, 5.41) is 5.99. The number of esters is 1. The van der Waals surface area contributed by atoms with Crippen LogP contribution in [0.4, 0.5) is 5.69 Å². The van der Waals surface area contributed by atoms with E-state index in [2.05, 4.69) is 10.6 Å². The first kappa shape index (κ1) is 15.4. The van der Waals surface area contributed by atoms with Crippen LogP contribution in [0.5, 0.6) is 0 Å². The number of rotatable bonds is 5. The summed E-state index contributed by atoms with van der Waals surface area (Å²) in [5.74, 6) is -0.266. The number of para-hydroxylation sites is 1. The molecule has 1 unspecified atom stereocenters. The Labute approximate surface area is 125 Å². The minimum absolute atomic E-state index is 0.165. The van der Waals surface area contributed by atoms with Gasteiger partial charge in [-0.05, 0) is 24.0 Å². The van der Waals surface area contributed by atoms with Crippen molar-refractivity contribution in [3.63, 3.8) is 0 Å². The Balaban J connectivity index is 1.99. The lowest BCUT2D eigenvalue weighted by Gasteiger charge is -2.20. The maximum Gasteiger partial charge on any atom is 0.328 e. The molecule has 1 aliphatic heterocycles. The first-order chi connectivity index (χ1) is 10.0. The van der Waals surface area contributed by atoms with Crippen molar-refractivity contribution in [2.75, 3.05) is 12.4 Å². The van der Waals surface area contributed by atoms with Gasteiger partial charge in [-0.15, -0.1) is 0 Å². The maximum atomic E-state index is 12.3. The largest absolute Gasteiger partial charge is 0.467 e. The highest BCUT2D eigenvalue weighted by Crippen LogP contribution is 2.25. The van der Waals surface area contributed by atoms with Crippen molar-refractivity contribution in [2.24, 2.45) is 5.92 Å².